The van der Waals surface area contributed by atoms with Crippen LogP contribution in [0.15, 0.2) is 24.3 Å². The number of halogens is 2. The summed E-state index contributed by atoms with van der Waals surface area (Å²) >= 11 is 6.79. The minimum absolute atomic E-state index is 0.259. The smallest absolute Gasteiger partial charge is 0.312 e. The molecule has 0 N–H and O–H groups in total. The Labute approximate surface area is 170 Å². The van der Waals surface area contributed by atoms with Crippen LogP contribution in [0.1, 0.15) is 51.0 Å². The van der Waals surface area contributed by atoms with Crippen molar-refractivity contribution < 1.29 is 18.7 Å². The van der Waals surface area contributed by atoms with Gasteiger partial charge in [0.05, 0.1) is 5.41 Å². The number of rotatable bonds is 6. The van der Waals surface area contributed by atoms with Crippen molar-refractivity contribution in [3.8, 4) is 0 Å². The fourth-order valence-corrected chi connectivity index (χ4v) is 6.69. The molecule has 28 heavy (non-hydrogen) atoms. The molecule has 0 saturated heterocycles. The molecule has 4 atom stereocenters. The summed E-state index contributed by atoms with van der Waals surface area (Å²) in [6, 6.07) is 6.19. The normalized spacial score (nSPS) is 33.0. The summed E-state index contributed by atoms with van der Waals surface area (Å²) in [6.45, 7) is 2.35. The van der Waals surface area contributed by atoms with Gasteiger partial charge >= 0.3 is 5.97 Å². The number of hydrogen-bond acceptors (Lipinski definition) is 3. The van der Waals surface area contributed by atoms with Crippen molar-refractivity contribution in [3.05, 3.63) is 35.6 Å². The van der Waals surface area contributed by atoms with Crippen LogP contribution >= 0.6 is 11.6 Å². The molecular formula is C22H27ClFNO3. The van der Waals surface area contributed by atoms with Crippen molar-refractivity contribution in [3.63, 3.8) is 0 Å². The first-order chi connectivity index (χ1) is 13.3. The third kappa shape index (κ3) is 3.78. The van der Waals surface area contributed by atoms with Crippen LogP contribution in [0.25, 0.3) is 0 Å². The van der Waals surface area contributed by atoms with E-state index in [1.807, 2.05) is 6.92 Å². The van der Waals surface area contributed by atoms with E-state index < -0.39 is 5.41 Å². The molecule has 4 bridgehead atoms. The molecule has 0 aromatic heterocycles. The molecule has 4 nitrogen and oxygen atoms in total. The van der Waals surface area contributed by atoms with Gasteiger partial charge in [-0.05, 0) is 75.0 Å². The van der Waals surface area contributed by atoms with Crippen LogP contribution in [0.2, 0.25) is 0 Å². The van der Waals surface area contributed by atoms with E-state index >= 15 is 0 Å². The number of carbonyl (C=O) groups excluding carboxylic acids is 2. The summed E-state index contributed by atoms with van der Waals surface area (Å²) < 4.78 is 18.9. The Kier molecular flexibility index (Phi) is 5.15. The number of benzene rings is 1. The predicted octanol–water partition coefficient (Wildman–Crippen LogP) is 4.30. The van der Waals surface area contributed by atoms with E-state index in [1.54, 1.807) is 17.0 Å². The zero-order valence-electron chi connectivity index (χ0n) is 16.3. The van der Waals surface area contributed by atoms with Crippen molar-refractivity contribution in [2.75, 3.05) is 13.2 Å². The Bertz CT molecular complexity index is 769. The fraction of sp³-hybridized carbons (Fsp3) is 0.636. The number of nitrogens with zero attached hydrogens (tertiary/aromatic N) is 1. The standard InChI is InChI=1S/C22H27ClFNO3/c1-2-25(12-15-4-3-5-18(24)7-15)19(26)13-28-20(27)21-8-16-6-17(9-21)11-22(23,10-16)14-21/h3-5,7,16-17H,2,6,8-14H2,1H3/t16-,17+,21?,22?. The maximum atomic E-state index is 13.4. The number of alkyl halides is 1. The number of esters is 1. The molecule has 2 unspecified atom stereocenters. The van der Waals surface area contributed by atoms with E-state index in [-0.39, 0.29) is 29.2 Å². The second kappa shape index (κ2) is 7.33. The van der Waals surface area contributed by atoms with Gasteiger partial charge < -0.3 is 9.64 Å². The Morgan fingerprint density at radius 3 is 2.57 bits per heavy atom. The van der Waals surface area contributed by atoms with Crippen molar-refractivity contribution in [2.45, 2.75) is 56.9 Å². The molecule has 4 aliphatic rings. The van der Waals surface area contributed by atoms with Gasteiger partial charge in [-0.2, -0.15) is 0 Å². The molecular weight excluding hydrogens is 381 g/mol. The first-order valence-electron chi connectivity index (χ1n) is 10.2. The van der Waals surface area contributed by atoms with Gasteiger partial charge in [0.25, 0.3) is 5.91 Å². The van der Waals surface area contributed by atoms with E-state index in [1.165, 1.54) is 18.6 Å². The van der Waals surface area contributed by atoms with Crippen LogP contribution in [-0.4, -0.2) is 34.8 Å². The van der Waals surface area contributed by atoms with Crippen LogP contribution in [0, 0.1) is 23.1 Å². The fourth-order valence-electron chi connectivity index (χ4n) is 5.99. The van der Waals surface area contributed by atoms with Crippen LogP contribution < -0.4 is 0 Å². The summed E-state index contributed by atoms with van der Waals surface area (Å²) in [5.74, 6) is 0.153. The highest BCUT2D eigenvalue weighted by atomic mass is 35.5. The molecule has 0 heterocycles. The van der Waals surface area contributed by atoms with Gasteiger partial charge in [0, 0.05) is 18.0 Å². The zero-order chi connectivity index (χ0) is 19.9. The Balaban J connectivity index is 1.37. The summed E-state index contributed by atoms with van der Waals surface area (Å²) in [4.78, 5) is 26.9. The van der Waals surface area contributed by atoms with E-state index in [0.29, 0.717) is 36.9 Å². The minimum atomic E-state index is -0.508. The first kappa shape index (κ1) is 19.7. The molecule has 4 fully saturated rings. The third-order valence-corrected chi connectivity index (χ3v) is 7.19. The predicted molar refractivity (Wildman–Crippen MR) is 104 cm³/mol. The molecule has 0 aliphatic heterocycles. The van der Waals surface area contributed by atoms with Crippen molar-refractivity contribution >= 4 is 23.5 Å². The largest absolute Gasteiger partial charge is 0.455 e. The highest BCUT2D eigenvalue weighted by molar-refractivity contribution is 6.24. The lowest BCUT2D eigenvalue weighted by Gasteiger charge is -2.58. The molecule has 1 amide bonds. The number of likely N-dealkylation sites (N-methyl/N-ethyl adjacent to an activating group) is 1. The van der Waals surface area contributed by atoms with Crippen molar-refractivity contribution in [1.82, 2.24) is 4.90 Å². The van der Waals surface area contributed by atoms with Gasteiger partial charge in [0.2, 0.25) is 0 Å². The summed E-state index contributed by atoms with van der Waals surface area (Å²) in [5, 5.41) is 0. The minimum Gasteiger partial charge on any atom is -0.455 e. The van der Waals surface area contributed by atoms with Gasteiger partial charge in [0.1, 0.15) is 5.82 Å². The van der Waals surface area contributed by atoms with E-state index in [2.05, 4.69) is 0 Å². The highest BCUT2D eigenvalue weighted by Crippen LogP contribution is 2.64. The maximum absolute atomic E-state index is 13.4. The molecule has 4 aliphatic carbocycles. The second-order valence-corrected chi connectivity index (χ2v) is 9.81. The average molecular weight is 408 g/mol. The molecule has 1 aromatic rings. The lowest BCUT2D eigenvalue weighted by molar-refractivity contribution is -0.173. The van der Waals surface area contributed by atoms with E-state index in [4.69, 9.17) is 16.3 Å². The molecule has 5 rings (SSSR count). The zero-order valence-corrected chi connectivity index (χ0v) is 17.0. The number of hydrogen-bond donors (Lipinski definition) is 0. The van der Waals surface area contributed by atoms with Gasteiger partial charge in [-0.3, -0.25) is 9.59 Å². The summed E-state index contributed by atoms with van der Waals surface area (Å²) in [6.07, 6.45) is 5.51. The first-order valence-corrected chi connectivity index (χ1v) is 10.6. The van der Waals surface area contributed by atoms with Crippen LogP contribution in [0.5, 0.6) is 0 Å². The van der Waals surface area contributed by atoms with Crippen LogP contribution in [-0.2, 0) is 20.9 Å². The monoisotopic (exact) mass is 407 g/mol. The van der Waals surface area contributed by atoms with Crippen LogP contribution in [0.3, 0.4) is 0 Å². The van der Waals surface area contributed by atoms with Gasteiger partial charge in [-0.1, -0.05) is 12.1 Å². The Morgan fingerprint density at radius 2 is 1.96 bits per heavy atom. The second-order valence-electron chi connectivity index (χ2n) is 9.01. The molecule has 0 spiro atoms. The van der Waals surface area contributed by atoms with Crippen molar-refractivity contribution in [2.24, 2.45) is 17.3 Å². The average Bonchev–Trinajstić information content (AvgIpc) is 2.62. The molecule has 1 aromatic carbocycles. The summed E-state index contributed by atoms with van der Waals surface area (Å²) in [7, 11) is 0. The van der Waals surface area contributed by atoms with Crippen LogP contribution in [0.4, 0.5) is 4.39 Å². The van der Waals surface area contributed by atoms with Gasteiger partial charge in [0.15, 0.2) is 6.61 Å². The number of amides is 1. The van der Waals surface area contributed by atoms with Crippen molar-refractivity contribution in [1.29, 1.82) is 0 Å². The Morgan fingerprint density at radius 1 is 1.25 bits per heavy atom. The van der Waals surface area contributed by atoms with E-state index in [0.717, 1.165) is 25.7 Å². The molecule has 152 valence electrons. The quantitative estimate of drug-likeness (QED) is 0.522. The van der Waals surface area contributed by atoms with Gasteiger partial charge in [-0.25, -0.2) is 4.39 Å². The van der Waals surface area contributed by atoms with Gasteiger partial charge in [-0.15, -0.1) is 11.6 Å². The summed E-state index contributed by atoms with van der Waals surface area (Å²) in [5.41, 5.74) is 0.206. The molecule has 4 saturated carbocycles. The highest BCUT2D eigenvalue weighted by Gasteiger charge is 2.60. The lowest BCUT2D eigenvalue weighted by atomic mass is 9.49. The lowest BCUT2D eigenvalue weighted by Crippen LogP contribution is -2.56. The number of carbonyl (C=O) groups is 2. The van der Waals surface area contributed by atoms with E-state index in [9.17, 15) is 14.0 Å². The molecule has 6 heteroatoms. The topological polar surface area (TPSA) is 46.6 Å². The molecule has 0 radical (unpaired) electrons. The Hall–Kier alpha value is -1.62. The SMILES string of the molecule is CCN(Cc1cccc(F)c1)C(=O)COC(=O)C12C[C@@H]3C[C@@H](CC(Cl)(C3)C1)C2. The number of ether oxygens (including phenoxy) is 1. The third-order valence-electron chi connectivity index (χ3n) is 6.75. The maximum Gasteiger partial charge on any atom is 0.312 e.